The van der Waals surface area contributed by atoms with E-state index in [-0.39, 0.29) is 23.3 Å². The van der Waals surface area contributed by atoms with E-state index in [9.17, 15) is 19.5 Å². The van der Waals surface area contributed by atoms with Crippen molar-refractivity contribution in [3.05, 3.63) is 62.6 Å². The molecule has 2 bridgehead atoms. The number of benzene rings is 1. The summed E-state index contributed by atoms with van der Waals surface area (Å²) >= 11 is 0. The molecule has 3 N–H and O–H groups in total. The minimum atomic E-state index is -0.506. The third kappa shape index (κ3) is 3.49. The maximum atomic E-state index is 12.8. The number of aromatic amines is 1. The second-order valence-electron chi connectivity index (χ2n) is 10.8. The second-order valence-corrected chi connectivity index (χ2v) is 10.8. The number of phenols is 1. The van der Waals surface area contributed by atoms with Crippen LogP contribution in [0.15, 0.2) is 29.1 Å². The average molecular weight is 462 g/mol. The van der Waals surface area contributed by atoms with Crippen molar-refractivity contribution in [2.45, 2.75) is 56.9 Å². The summed E-state index contributed by atoms with van der Waals surface area (Å²) in [6.07, 6.45) is 6.12. The average Bonchev–Trinajstić information content (AvgIpc) is 3.62. The van der Waals surface area contributed by atoms with Gasteiger partial charge in [0.1, 0.15) is 17.1 Å². The van der Waals surface area contributed by atoms with Gasteiger partial charge >= 0.3 is 0 Å². The molecule has 0 spiro atoms. The molecule has 34 heavy (non-hydrogen) atoms. The Labute approximate surface area is 198 Å². The van der Waals surface area contributed by atoms with E-state index in [0.717, 1.165) is 49.5 Å². The van der Waals surface area contributed by atoms with E-state index < -0.39 is 11.5 Å². The van der Waals surface area contributed by atoms with Gasteiger partial charge in [0, 0.05) is 23.7 Å². The van der Waals surface area contributed by atoms with Crippen molar-refractivity contribution >= 4 is 11.7 Å². The minimum absolute atomic E-state index is 0.0739. The number of likely N-dealkylation sites (tertiary alicyclic amines) is 1. The van der Waals surface area contributed by atoms with Crippen molar-refractivity contribution in [1.29, 1.82) is 0 Å². The number of phenolic OH excluding ortho intramolecular Hbond substituents is 1. The van der Waals surface area contributed by atoms with E-state index >= 15 is 0 Å². The van der Waals surface area contributed by atoms with Gasteiger partial charge in [-0.15, -0.1) is 0 Å². The summed E-state index contributed by atoms with van der Waals surface area (Å²) in [5.41, 5.74) is 4.00. The maximum Gasteiger partial charge on any atom is 0.261 e. The number of nitrogens with one attached hydrogen (secondary N) is 2. The van der Waals surface area contributed by atoms with E-state index in [1.165, 1.54) is 30.9 Å². The molecule has 1 amide bonds. The summed E-state index contributed by atoms with van der Waals surface area (Å²) in [4.78, 5) is 42.4. The van der Waals surface area contributed by atoms with Crippen molar-refractivity contribution in [2.75, 3.05) is 19.6 Å². The number of pyridine rings is 1. The molecule has 1 aromatic heterocycles. The van der Waals surface area contributed by atoms with Crippen LogP contribution in [0.2, 0.25) is 0 Å². The lowest BCUT2D eigenvalue weighted by molar-refractivity contribution is -0.116. The number of ketones is 1. The first-order valence-corrected chi connectivity index (χ1v) is 12.4. The molecule has 7 nitrogen and oxygen atoms in total. The van der Waals surface area contributed by atoms with Crippen LogP contribution in [0.4, 0.5) is 0 Å². The number of nitrogens with zero attached hydrogens (tertiary/aromatic N) is 1. The molecule has 178 valence electrons. The van der Waals surface area contributed by atoms with Crippen LogP contribution in [0.25, 0.3) is 0 Å². The number of aromatic nitrogens is 1. The number of H-pyrrole nitrogens is 1. The molecule has 1 saturated carbocycles. The van der Waals surface area contributed by atoms with Gasteiger partial charge in [0.15, 0.2) is 0 Å². The topological polar surface area (TPSA) is 102 Å². The van der Waals surface area contributed by atoms with Crippen LogP contribution in [0.5, 0.6) is 5.75 Å². The number of fused-ring (bicyclic) bond motifs is 2. The fraction of sp³-hybridized carbons (Fsp3) is 0.519. The molecule has 2 fully saturated rings. The first kappa shape index (κ1) is 21.6. The summed E-state index contributed by atoms with van der Waals surface area (Å²) < 4.78 is 0. The molecule has 2 aromatic rings. The number of hydrogen-bond acceptors (Lipinski definition) is 5. The van der Waals surface area contributed by atoms with E-state index in [2.05, 4.69) is 21.3 Å². The van der Waals surface area contributed by atoms with Gasteiger partial charge in [-0.1, -0.05) is 6.07 Å². The molecule has 3 atom stereocenters. The minimum Gasteiger partial charge on any atom is -0.508 e. The normalized spacial score (nSPS) is 27.3. The van der Waals surface area contributed by atoms with Crippen molar-refractivity contribution in [3.63, 3.8) is 0 Å². The fourth-order valence-electron chi connectivity index (χ4n) is 6.83. The molecule has 6 rings (SSSR count). The van der Waals surface area contributed by atoms with Crippen LogP contribution < -0.4 is 10.9 Å². The predicted octanol–water partition coefficient (Wildman–Crippen LogP) is 2.09. The van der Waals surface area contributed by atoms with Crippen molar-refractivity contribution < 1.29 is 14.7 Å². The highest BCUT2D eigenvalue weighted by Crippen LogP contribution is 2.55. The van der Waals surface area contributed by atoms with Crippen LogP contribution in [-0.2, 0) is 29.5 Å². The summed E-state index contributed by atoms with van der Waals surface area (Å²) in [7, 11) is 0. The highest BCUT2D eigenvalue weighted by Gasteiger charge is 2.55. The SMILES string of the molecule is CC(=O)CNC(=O)c1cc2c([nH]c1=O)C[C@]13CCN(CC4CC4)[C@H](Cc4ccc(O)cc41)[C@@H]3C2. The largest absolute Gasteiger partial charge is 0.508 e. The quantitative estimate of drug-likeness (QED) is 0.633. The summed E-state index contributed by atoms with van der Waals surface area (Å²) in [5.74, 6) is 0.812. The van der Waals surface area contributed by atoms with Crippen LogP contribution in [-0.4, -0.2) is 52.4 Å². The van der Waals surface area contributed by atoms with Crippen molar-refractivity contribution in [1.82, 2.24) is 15.2 Å². The van der Waals surface area contributed by atoms with E-state index in [4.69, 9.17) is 0 Å². The molecule has 0 radical (unpaired) electrons. The third-order valence-corrected chi connectivity index (χ3v) is 8.63. The smallest absolute Gasteiger partial charge is 0.261 e. The van der Waals surface area contributed by atoms with Gasteiger partial charge in [-0.25, -0.2) is 0 Å². The highest BCUT2D eigenvalue weighted by molar-refractivity contribution is 5.96. The zero-order valence-corrected chi connectivity index (χ0v) is 19.5. The van der Waals surface area contributed by atoms with Gasteiger partial charge in [-0.2, -0.15) is 0 Å². The molecule has 2 heterocycles. The Balaban J connectivity index is 1.41. The number of rotatable bonds is 5. The van der Waals surface area contributed by atoms with Crippen molar-refractivity contribution in [2.24, 2.45) is 11.8 Å². The molecule has 1 aromatic carbocycles. The van der Waals surface area contributed by atoms with Gasteiger partial charge in [-0.05, 0) is 98.7 Å². The molecule has 7 heteroatoms. The summed E-state index contributed by atoms with van der Waals surface area (Å²) in [6.45, 7) is 3.51. The lowest BCUT2D eigenvalue weighted by Crippen LogP contribution is -2.63. The van der Waals surface area contributed by atoms with Crippen molar-refractivity contribution in [3.8, 4) is 5.75 Å². The van der Waals surface area contributed by atoms with Gasteiger partial charge in [0.05, 0.1) is 6.54 Å². The molecular weight excluding hydrogens is 430 g/mol. The monoisotopic (exact) mass is 461 g/mol. The molecule has 1 aliphatic heterocycles. The maximum absolute atomic E-state index is 12.8. The Bertz CT molecular complexity index is 1250. The number of piperidine rings is 1. The van der Waals surface area contributed by atoms with Crippen LogP contribution in [0.3, 0.4) is 0 Å². The van der Waals surface area contributed by atoms with E-state index in [1.807, 2.05) is 6.07 Å². The lowest BCUT2D eigenvalue weighted by atomic mass is 9.52. The van der Waals surface area contributed by atoms with Crippen LogP contribution in [0, 0.1) is 11.8 Å². The fourth-order valence-corrected chi connectivity index (χ4v) is 6.83. The number of Topliss-reactive ketones (excluding diaryl/α,β-unsaturated/α-hetero) is 1. The highest BCUT2D eigenvalue weighted by atomic mass is 16.3. The number of amides is 1. The predicted molar refractivity (Wildman–Crippen MR) is 127 cm³/mol. The van der Waals surface area contributed by atoms with E-state index in [1.54, 1.807) is 12.1 Å². The van der Waals surface area contributed by atoms with Gasteiger partial charge in [0.2, 0.25) is 0 Å². The zero-order chi connectivity index (χ0) is 23.6. The second kappa shape index (κ2) is 7.80. The molecule has 1 saturated heterocycles. The van der Waals surface area contributed by atoms with E-state index in [0.29, 0.717) is 24.1 Å². The van der Waals surface area contributed by atoms with Gasteiger partial charge < -0.3 is 15.4 Å². The zero-order valence-electron chi connectivity index (χ0n) is 19.5. The third-order valence-electron chi connectivity index (χ3n) is 8.63. The Morgan fingerprint density at radius 2 is 2.03 bits per heavy atom. The van der Waals surface area contributed by atoms with Gasteiger partial charge in [0.25, 0.3) is 11.5 Å². The summed E-state index contributed by atoms with van der Waals surface area (Å²) in [6, 6.07) is 7.98. The Hall–Kier alpha value is -2.93. The Morgan fingerprint density at radius 1 is 1.21 bits per heavy atom. The number of aromatic hydroxyl groups is 1. The Kier molecular flexibility index (Phi) is 4.96. The molecule has 3 aliphatic carbocycles. The lowest BCUT2D eigenvalue weighted by Gasteiger charge is -2.59. The van der Waals surface area contributed by atoms with Gasteiger partial charge in [-0.3, -0.25) is 19.3 Å². The van der Waals surface area contributed by atoms with Crippen LogP contribution in [0.1, 0.15) is 58.9 Å². The summed E-state index contributed by atoms with van der Waals surface area (Å²) in [5, 5.41) is 12.9. The first-order valence-electron chi connectivity index (χ1n) is 12.4. The number of carbonyl (C=O) groups excluding carboxylic acids is 2. The number of carbonyl (C=O) groups is 2. The number of hydrogen-bond donors (Lipinski definition) is 3. The molecular formula is C27H31N3O4. The molecule has 4 aliphatic rings. The van der Waals surface area contributed by atoms with Crippen LogP contribution >= 0.6 is 0 Å². The molecule has 0 unspecified atom stereocenters. The standard InChI is InChI=1S/C27H31N3O4/c1-15(31)13-28-25(33)20-8-18-9-22-24-10-17-4-5-19(32)11-21(17)27(22,12-23(18)29-26(20)34)6-7-30(24)14-16-2-3-16/h4-5,8,11,16,22,24,32H,2-3,6-7,9-10,12-14H2,1H3,(H,28,33)(H,29,34)/t22-,24+,27+/m0/s1. The Morgan fingerprint density at radius 3 is 2.79 bits per heavy atom. The first-order chi connectivity index (χ1) is 16.3.